The summed E-state index contributed by atoms with van der Waals surface area (Å²) in [5, 5.41) is 0. The number of anilines is 1. The van der Waals surface area contributed by atoms with Crippen LogP contribution >= 0.6 is 0 Å². The van der Waals surface area contributed by atoms with E-state index in [-0.39, 0.29) is 5.91 Å². The van der Waals surface area contributed by atoms with E-state index in [4.69, 9.17) is 5.73 Å². The van der Waals surface area contributed by atoms with Crippen LogP contribution in [0.4, 0.5) is 5.69 Å². The fourth-order valence-corrected chi connectivity index (χ4v) is 2.27. The molecule has 2 N–H and O–H groups in total. The van der Waals surface area contributed by atoms with Crippen LogP contribution in [0.15, 0.2) is 24.3 Å². The number of para-hydroxylation sites is 1. The molecule has 0 atom stereocenters. The summed E-state index contributed by atoms with van der Waals surface area (Å²) in [6, 6.07) is 7.79. The van der Waals surface area contributed by atoms with E-state index in [0.717, 1.165) is 30.6 Å². The standard InChI is InChI=1S/C14H20N2O/c15-13-8-5-4-7-12(13)11-16-10-6-2-1-3-9-14(16)17/h4-5,7-8H,1-3,6,9-11,15H2. The van der Waals surface area contributed by atoms with Crippen LogP contribution in [-0.4, -0.2) is 17.4 Å². The molecule has 0 bridgehead atoms. The quantitative estimate of drug-likeness (QED) is 0.796. The summed E-state index contributed by atoms with van der Waals surface area (Å²) < 4.78 is 0. The number of rotatable bonds is 2. The Bertz CT molecular complexity index is 390. The summed E-state index contributed by atoms with van der Waals surface area (Å²) >= 11 is 0. The largest absolute Gasteiger partial charge is 0.398 e. The van der Waals surface area contributed by atoms with Gasteiger partial charge in [0, 0.05) is 25.2 Å². The van der Waals surface area contributed by atoms with Gasteiger partial charge < -0.3 is 10.6 Å². The number of amides is 1. The number of hydrogen-bond acceptors (Lipinski definition) is 2. The normalized spacial score (nSPS) is 17.6. The molecule has 3 heteroatoms. The summed E-state index contributed by atoms with van der Waals surface area (Å²) in [6.45, 7) is 1.53. The van der Waals surface area contributed by atoms with Crippen molar-refractivity contribution in [2.75, 3.05) is 12.3 Å². The average molecular weight is 232 g/mol. The van der Waals surface area contributed by atoms with Crippen LogP contribution in [0.3, 0.4) is 0 Å². The maximum Gasteiger partial charge on any atom is 0.222 e. The highest BCUT2D eigenvalue weighted by molar-refractivity contribution is 5.76. The highest BCUT2D eigenvalue weighted by Gasteiger charge is 2.16. The first-order chi connectivity index (χ1) is 8.27. The second kappa shape index (κ2) is 5.71. The molecule has 3 nitrogen and oxygen atoms in total. The van der Waals surface area contributed by atoms with E-state index in [1.165, 1.54) is 12.8 Å². The van der Waals surface area contributed by atoms with Crippen LogP contribution < -0.4 is 5.73 Å². The molecule has 1 fully saturated rings. The van der Waals surface area contributed by atoms with Crippen molar-refractivity contribution < 1.29 is 4.79 Å². The van der Waals surface area contributed by atoms with E-state index in [2.05, 4.69) is 0 Å². The molecule has 0 aromatic heterocycles. The zero-order valence-electron chi connectivity index (χ0n) is 10.2. The maximum atomic E-state index is 12.0. The third kappa shape index (κ3) is 3.22. The van der Waals surface area contributed by atoms with Crippen molar-refractivity contribution in [2.24, 2.45) is 0 Å². The van der Waals surface area contributed by atoms with Crippen LogP contribution in [0.25, 0.3) is 0 Å². The monoisotopic (exact) mass is 232 g/mol. The van der Waals surface area contributed by atoms with E-state index in [1.54, 1.807) is 0 Å². The number of benzene rings is 1. The van der Waals surface area contributed by atoms with E-state index in [1.807, 2.05) is 29.2 Å². The third-order valence-electron chi connectivity index (χ3n) is 3.34. The Morgan fingerprint density at radius 3 is 2.71 bits per heavy atom. The molecule has 0 saturated carbocycles. The number of nitrogens with zero attached hydrogens (tertiary/aromatic N) is 1. The van der Waals surface area contributed by atoms with Gasteiger partial charge in [-0.15, -0.1) is 0 Å². The first-order valence-corrected chi connectivity index (χ1v) is 6.38. The summed E-state index contributed by atoms with van der Waals surface area (Å²) in [5.74, 6) is 0.271. The minimum absolute atomic E-state index is 0.271. The highest BCUT2D eigenvalue weighted by atomic mass is 16.2. The van der Waals surface area contributed by atoms with Gasteiger partial charge in [0.25, 0.3) is 0 Å². The minimum Gasteiger partial charge on any atom is -0.398 e. The Morgan fingerprint density at radius 1 is 1.12 bits per heavy atom. The topological polar surface area (TPSA) is 46.3 Å². The lowest BCUT2D eigenvalue weighted by atomic mass is 10.1. The molecule has 1 aromatic rings. The fraction of sp³-hybridized carbons (Fsp3) is 0.500. The molecule has 0 spiro atoms. The lowest BCUT2D eigenvalue weighted by molar-refractivity contribution is -0.132. The molecule has 0 unspecified atom stereocenters. The molecule has 1 aliphatic heterocycles. The van der Waals surface area contributed by atoms with Gasteiger partial charge in [-0.25, -0.2) is 0 Å². The SMILES string of the molecule is Nc1ccccc1CN1CCCCCCC1=O. The van der Waals surface area contributed by atoms with Crippen LogP contribution in [-0.2, 0) is 11.3 Å². The zero-order valence-corrected chi connectivity index (χ0v) is 10.2. The highest BCUT2D eigenvalue weighted by Crippen LogP contribution is 2.17. The number of carbonyl (C=O) groups excluding carboxylic acids is 1. The van der Waals surface area contributed by atoms with Gasteiger partial charge in [0.1, 0.15) is 0 Å². The average Bonchev–Trinajstić information content (AvgIpc) is 2.31. The van der Waals surface area contributed by atoms with Crippen molar-refractivity contribution in [3.05, 3.63) is 29.8 Å². The van der Waals surface area contributed by atoms with Crippen molar-refractivity contribution in [1.82, 2.24) is 4.90 Å². The van der Waals surface area contributed by atoms with Gasteiger partial charge in [0.2, 0.25) is 5.91 Å². The molecular weight excluding hydrogens is 212 g/mol. The van der Waals surface area contributed by atoms with Crippen LogP contribution in [0, 0.1) is 0 Å². The van der Waals surface area contributed by atoms with Gasteiger partial charge in [0.05, 0.1) is 0 Å². The number of nitrogen functional groups attached to an aromatic ring is 1. The molecule has 0 aliphatic carbocycles. The molecular formula is C14H20N2O. The molecule has 92 valence electrons. The van der Waals surface area contributed by atoms with E-state index < -0.39 is 0 Å². The van der Waals surface area contributed by atoms with E-state index >= 15 is 0 Å². The molecule has 1 amide bonds. The molecule has 1 aromatic carbocycles. The Hall–Kier alpha value is -1.51. The number of nitrogens with two attached hydrogens (primary N) is 1. The zero-order chi connectivity index (χ0) is 12.1. The Labute approximate surface area is 103 Å². The van der Waals surface area contributed by atoms with Gasteiger partial charge in [-0.1, -0.05) is 31.0 Å². The van der Waals surface area contributed by atoms with Crippen molar-refractivity contribution >= 4 is 11.6 Å². The smallest absolute Gasteiger partial charge is 0.222 e. The van der Waals surface area contributed by atoms with Crippen LogP contribution in [0.5, 0.6) is 0 Å². The van der Waals surface area contributed by atoms with Gasteiger partial charge >= 0.3 is 0 Å². The first kappa shape index (κ1) is 12.0. The predicted molar refractivity (Wildman–Crippen MR) is 69.4 cm³/mol. The molecule has 1 heterocycles. The summed E-state index contributed by atoms with van der Waals surface area (Å²) in [4.78, 5) is 13.9. The molecule has 1 saturated heterocycles. The van der Waals surface area contributed by atoms with E-state index in [0.29, 0.717) is 13.0 Å². The summed E-state index contributed by atoms with van der Waals surface area (Å²) in [5.41, 5.74) is 7.75. The van der Waals surface area contributed by atoms with Crippen molar-refractivity contribution in [2.45, 2.75) is 38.6 Å². The van der Waals surface area contributed by atoms with Gasteiger partial charge in [-0.2, -0.15) is 0 Å². The molecule has 17 heavy (non-hydrogen) atoms. The summed E-state index contributed by atoms with van der Waals surface area (Å²) in [6.07, 6.45) is 5.24. The van der Waals surface area contributed by atoms with Crippen LogP contribution in [0.2, 0.25) is 0 Å². The van der Waals surface area contributed by atoms with Gasteiger partial charge in [-0.05, 0) is 24.5 Å². The van der Waals surface area contributed by atoms with Crippen LogP contribution in [0.1, 0.15) is 37.7 Å². The number of carbonyl (C=O) groups is 1. The Balaban J connectivity index is 2.05. The fourth-order valence-electron chi connectivity index (χ4n) is 2.27. The Morgan fingerprint density at radius 2 is 1.88 bits per heavy atom. The van der Waals surface area contributed by atoms with Crippen molar-refractivity contribution in [3.8, 4) is 0 Å². The van der Waals surface area contributed by atoms with Gasteiger partial charge in [-0.3, -0.25) is 4.79 Å². The number of hydrogen-bond donors (Lipinski definition) is 1. The second-order valence-electron chi connectivity index (χ2n) is 4.68. The van der Waals surface area contributed by atoms with Crippen molar-refractivity contribution in [1.29, 1.82) is 0 Å². The molecule has 1 aliphatic rings. The number of likely N-dealkylation sites (tertiary alicyclic amines) is 1. The molecule has 0 radical (unpaired) electrons. The predicted octanol–water partition coefficient (Wildman–Crippen LogP) is 2.56. The maximum absolute atomic E-state index is 12.0. The molecule has 2 rings (SSSR count). The minimum atomic E-state index is 0.271. The second-order valence-corrected chi connectivity index (χ2v) is 4.68. The third-order valence-corrected chi connectivity index (χ3v) is 3.34. The Kier molecular flexibility index (Phi) is 4.02. The summed E-state index contributed by atoms with van der Waals surface area (Å²) in [7, 11) is 0. The lowest BCUT2D eigenvalue weighted by Crippen LogP contribution is -2.32. The first-order valence-electron chi connectivity index (χ1n) is 6.38. The van der Waals surface area contributed by atoms with Gasteiger partial charge in [0.15, 0.2) is 0 Å². The van der Waals surface area contributed by atoms with Crippen molar-refractivity contribution in [3.63, 3.8) is 0 Å². The lowest BCUT2D eigenvalue weighted by Gasteiger charge is -2.25. The van der Waals surface area contributed by atoms with E-state index in [9.17, 15) is 4.79 Å².